The monoisotopic (exact) mass is 352 g/mol. The second-order valence-electron chi connectivity index (χ2n) is 8.10. The van der Waals surface area contributed by atoms with Gasteiger partial charge in [0.25, 0.3) is 0 Å². The van der Waals surface area contributed by atoms with Gasteiger partial charge >= 0.3 is 11.9 Å². The zero-order valence-corrected chi connectivity index (χ0v) is 16.4. The minimum Gasteiger partial charge on any atom is -0.481 e. The molecule has 0 spiro atoms. The van der Waals surface area contributed by atoms with E-state index in [1.54, 1.807) is 0 Å². The Morgan fingerprint density at radius 1 is 0.960 bits per heavy atom. The molecular formula is C21H36O4. The number of unbranched alkanes of at least 4 members (excludes halogenated alkanes) is 3. The predicted molar refractivity (Wildman–Crippen MR) is 100 cm³/mol. The van der Waals surface area contributed by atoms with Gasteiger partial charge in [0.1, 0.15) is 6.10 Å². The van der Waals surface area contributed by atoms with E-state index in [1.807, 2.05) is 12.2 Å². The van der Waals surface area contributed by atoms with Crippen LogP contribution in [0.2, 0.25) is 0 Å². The zero-order chi connectivity index (χ0) is 18.8. The van der Waals surface area contributed by atoms with Gasteiger partial charge in [-0.05, 0) is 37.5 Å². The number of allylic oxidation sites excluding steroid dienone is 2. The summed E-state index contributed by atoms with van der Waals surface area (Å²) in [5.74, 6) is -1.43. The van der Waals surface area contributed by atoms with Crippen molar-refractivity contribution in [1.82, 2.24) is 0 Å². The maximum atomic E-state index is 12.5. The maximum absolute atomic E-state index is 12.5. The second-order valence-corrected chi connectivity index (χ2v) is 8.10. The van der Waals surface area contributed by atoms with Gasteiger partial charge in [0.2, 0.25) is 0 Å². The Kier molecular flexibility index (Phi) is 9.84. The topological polar surface area (TPSA) is 63.6 Å². The molecule has 4 heteroatoms. The summed E-state index contributed by atoms with van der Waals surface area (Å²) in [7, 11) is 0. The molecule has 1 aliphatic carbocycles. The molecule has 1 rings (SSSR count). The number of hydrogen-bond donors (Lipinski definition) is 1. The lowest BCUT2D eigenvalue weighted by Crippen LogP contribution is -2.35. The van der Waals surface area contributed by atoms with E-state index in [9.17, 15) is 14.7 Å². The van der Waals surface area contributed by atoms with Crippen molar-refractivity contribution >= 4 is 11.9 Å². The number of aliphatic carboxylic acids is 1. The molecular weight excluding hydrogens is 316 g/mol. The maximum Gasteiger partial charge on any atom is 0.310 e. The highest BCUT2D eigenvalue weighted by Crippen LogP contribution is 2.28. The fourth-order valence-corrected chi connectivity index (χ4v) is 3.36. The molecule has 0 aromatic rings. The summed E-state index contributed by atoms with van der Waals surface area (Å²) >= 11 is 0. The van der Waals surface area contributed by atoms with Crippen molar-refractivity contribution in [3.05, 3.63) is 12.2 Å². The first-order valence-electron chi connectivity index (χ1n) is 9.91. The smallest absolute Gasteiger partial charge is 0.310 e. The van der Waals surface area contributed by atoms with E-state index in [1.165, 1.54) is 19.3 Å². The quantitative estimate of drug-likeness (QED) is 0.315. The van der Waals surface area contributed by atoms with Crippen LogP contribution >= 0.6 is 0 Å². The molecule has 0 fully saturated rings. The Balaban J connectivity index is 2.44. The molecule has 3 atom stereocenters. The molecule has 4 nitrogen and oxygen atoms in total. The summed E-state index contributed by atoms with van der Waals surface area (Å²) in [6.07, 6.45) is 11.4. The lowest BCUT2D eigenvalue weighted by Gasteiger charge is -2.28. The summed E-state index contributed by atoms with van der Waals surface area (Å²) < 4.78 is 5.74. The Labute approximate surface area is 153 Å². The van der Waals surface area contributed by atoms with Crippen LogP contribution in [0.5, 0.6) is 0 Å². The Morgan fingerprint density at radius 3 is 2.04 bits per heavy atom. The molecule has 0 saturated heterocycles. The molecule has 0 aromatic heterocycles. The summed E-state index contributed by atoms with van der Waals surface area (Å²) in [6.45, 7) is 8.62. The van der Waals surface area contributed by atoms with Crippen molar-refractivity contribution in [1.29, 1.82) is 0 Å². The fraction of sp³-hybridized carbons (Fsp3) is 0.810. The third-order valence-corrected chi connectivity index (χ3v) is 5.08. The molecule has 3 unspecified atom stereocenters. The van der Waals surface area contributed by atoms with Gasteiger partial charge in [0, 0.05) is 0 Å². The standard InChI is InChI=1S/C21H36O4/c1-15(2)11-7-5-6-8-14-19(16(3)4)25-21(24)18-13-10-9-12-17(18)20(22)23/h9-10,15-19H,5-8,11-14H2,1-4H3,(H,22,23). The SMILES string of the molecule is CC(C)CCCCCCC(OC(=O)C1CC=CCC1C(=O)O)C(C)C. The largest absolute Gasteiger partial charge is 0.481 e. The number of carboxylic acid groups (broad SMARTS) is 1. The minimum atomic E-state index is -0.905. The summed E-state index contributed by atoms with van der Waals surface area (Å²) in [6, 6.07) is 0. The highest BCUT2D eigenvalue weighted by molar-refractivity contribution is 5.81. The van der Waals surface area contributed by atoms with Crippen LogP contribution in [0.3, 0.4) is 0 Å². The van der Waals surface area contributed by atoms with Crippen molar-refractivity contribution in [2.24, 2.45) is 23.7 Å². The van der Waals surface area contributed by atoms with E-state index in [0.717, 1.165) is 25.2 Å². The lowest BCUT2D eigenvalue weighted by molar-refractivity contribution is -0.164. The Bertz CT molecular complexity index is 439. The third kappa shape index (κ3) is 8.06. The van der Waals surface area contributed by atoms with E-state index in [2.05, 4.69) is 27.7 Å². The zero-order valence-electron chi connectivity index (χ0n) is 16.4. The predicted octanol–water partition coefficient (Wildman–Crippen LogP) is 5.22. The van der Waals surface area contributed by atoms with Crippen LogP contribution in [0.15, 0.2) is 12.2 Å². The molecule has 0 heterocycles. The van der Waals surface area contributed by atoms with Crippen LogP contribution in [0.25, 0.3) is 0 Å². The number of esters is 1. The molecule has 0 aromatic carbocycles. The van der Waals surface area contributed by atoms with Crippen molar-refractivity contribution < 1.29 is 19.4 Å². The minimum absolute atomic E-state index is 0.113. The van der Waals surface area contributed by atoms with E-state index in [4.69, 9.17) is 4.74 Å². The van der Waals surface area contributed by atoms with Crippen LogP contribution in [0.4, 0.5) is 0 Å². The first-order valence-corrected chi connectivity index (χ1v) is 9.91. The number of rotatable bonds is 11. The average Bonchev–Trinajstić information content (AvgIpc) is 2.56. The van der Waals surface area contributed by atoms with Gasteiger partial charge in [-0.15, -0.1) is 0 Å². The summed E-state index contributed by atoms with van der Waals surface area (Å²) in [5, 5.41) is 9.32. The van der Waals surface area contributed by atoms with Crippen LogP contribution < -0.4 is 0 Å². The molecule has 0 saturated carbocycles. The molecule has 0 bridgehead atoms. The van der Waals surface area contributed by atoms with Crippen molar-refractivity contribution in [3.8, 4) is 0 Å². The first kappa shape index (κ1) is 21.7. The van der Waals surface area contributed by atoms with Gasteiger partial charge in [-0.3, -0.25) is 9.59 Å². The van der Waals surface area contributed by atoms with Crippen molar-refractivity contribution in [3.63, 3.8) is 0 Å². The van der Waals surface area contributed by atoms with E-state index < -0.39 is 17.8 Å². The second kappa shape index (κ2) is 11.3. The number of carboxylic acids is 1. The van der Waals surface area contributed by atoms with Gasteiger partial charge < -0.3 is 9.84 Å². The molecule has 1 N–H and O–H groups in total. The van der Waals surface area contributed by atoms with E-state index in [0.29, 0.717) is 12.8 Å². The third-order valence-electron chi connectivity index (χ3n) is 5.08. The lowest BCUT2D eigenvalue weighted by atomic mass is 9.83. The van der Waals surface area contributed by atoms with Gasteiger partial charge in [0.15, 0.2) is 0 Å². The van der Waals surface area contributed by atoms with Gasteiger partial charge in [0.05, 0.1) is 11.8 Å². The molecule has 25 heavy (non-hydrogen) atoms. The Morgan fingerprint density at radius 2 is 1.52 bits per heavy atom. The van der Waals surface area contributed by atoms with E-state index >= 15 is 0 Å². The van der Waals surface area contributed by atoms with Gasteiger partial charge in [-0.1, -0.05) is 65.5 Å². The molecule has 0 radical (unpaired) electrons. The molecule has 0 aliphatic heterocycles. The highest BCUT2D eigenvalue weighted by atomic mass is 16.5. The van der Waals surface area contributed by atoms with Crippen molar-refractivity contribution in [2.45, 2.75) is 85.2 Å². The number of hydrogen-bond acceptors (Lipinski definition) is 3. The normalized spacial score (nSPS) is 21.5. The van der Waals surface area contributed by atoms with Gasteiger partial charge in [-0.2, -0.15) is 0 Å². The summed E-state index contributed by atoms with van der Waals surface area (Å²) in [4.78, 5) is 23.9. The highest BCUT2D eigenvalue weighted by Gasteiger charge is 2.36. The molecule has 0 amide bonds. The molecule has 144 valence electrons. The average molecular weight is 353 g/mol. The van der Waals surface area contributed by atoms with Crippen LogP contribution in [0.1, 0.15) is 79.1 Å². The fourth-order valence-electron chi connectivity index (χ4n) is 3.36. The molecule has 1 aliphatic rings. The summed E-state index contributed by atoms with van der Waals surface area (Å²) in [5.41, 5.74) is 0. The van der Waals surface area contributed by atoms with E-state index in [-0.39, 0.29) is 18.0 Å². The number of carbonyl (C=O) groups excluding carboxylic acids is 1. The Hall–Kier alpha value is -1.32. The van der Waals surface area contributed by atoms with Crippen molar-refractivity contribution in [2.75, 3.05) is 0 Å². The first-order chi connectivity index (χ1) is 11.8. The van der Waals surface area contributed by atoms with Crippen LogP contribution in [0, 0.1) is 23.7 Å². The van der Waals surface area contributed by atoms with Gasteiger partial charge in [-0.25, -0.2) is 0 Å². The van der Waals surface area contributed by atoms with Crippen LogP contribution in [-0.4, -0.2) is 23.1 Å². The number of carbonyl (C=O) groups is 2. The van der Waals surface area contributed by atoms with Crippen LogP contribution in [-0.2, 0) is 14.3 Å². The number of ether oxygens (including phenoxy) is 1.